The number of nitrogens with zero attached hydrogens (tertiary/aromatic N) is 3. The summed E-state index contributed by atoms with van der Waals surface area (Å²) in [5.74, 6) is 0.992. The summed E-state index contributed by atoms with van der Waals surface area (Å²) in [5, 5.41) is 3.45. The van der Waals surface area contributed by atoms with E-state index in [1.165, 1.54) is 5.52 Å². The van der Waals surface area contributed by atoms with E-state index in [1.54, 1.807) is 0 Å². The topological polar surface area (TPSA) is 42.3 Å². The lowest BCUT2D eigenvalue weighted by molar-refractivity contribution is 0.0366. The minimum Gasteiger partial charge on any atom is -0.379 e. The van der Waals surface area contributed by atoms with Crippen molar-refractivity contribution in [2.45, 2.75) is 19.9 Å². The van der Waals surface area contributed by atoms with Crippen LogP contribution in [0.25, 0.3) is 11.0 Å². The second-order valence-corrected chi connectivity index (χ2v) is 5.46. The van der Waals surface area contributed by atoms with Gasteiger partial charge in [0.15, 0.2) is 0 Å². The van der Waals surface area contributed by atoms with Crippen LogP contribution in [0.2, 0.25) is 0 Å². The molecule has 2 aromatic rings. The fourth-order valence-corrected chi connectivity index (χ4v) is 2.74. The first-order valence-electron chi connectivity index (χ1n) is 7.87. The molecule has 1 N–H and O–H groups in total. The van der Waals surface area contributed by atoms with E-state index < -0.39 is 0 Å². The molecule has 1 fully saturated rings. The highest BCUT2D eigenvalue weighted by Crippen LogP contribution is 2.19. The number of morpholine rings is 1. The minimum absolute atomic E-state index is 0.853. The average molecular weight is 288 g/mol. The summed E-state index contributed by atoms with van der Waals surface area (Å²) in [4.78, 5) is 7.18. The molecular weight excluding hydrogens is 264 g/mol. The molecule has 1 aliphatic rings. The van der Waals surface area contributed by atoms with Crippen LogP contribution in [0, 0.1) is 0 Å². The highest BCUT2D eigenvalue weighted by atomic mass is 16.5. The third-order valence-electron chi connectivity index (χ3n) is 3.93. The molecule has 0 spiro atoms. The highest BCUT2D eigenvalue weighted by molar-refractivity contribution is 5.78. The largest absolute Gasteiger partial charge is 0.379 e. The smallest absolute Gasteiger partial charge is 0.203 e. The van der Waals surface area contributed by atoms with Crippen molar-refractivity contribution < 1.29 is 4.74 Å². The van der Waals surface area contributed by atoms with E-state index in [-0.39, 0.29) is 0 Å². The molecule has 5 nitrogen and oxygen atoms in total. The number of fused-ring (bicyclic) bond motifs is 1. The summed E-state index contributed by atoms with van der Waals surface area (Å²) < 4.78 is 7.72. The van der Waals surface area contributed by atoms with Crippen molar-refractivity contribution in [3.05, 3.63) is 24.3 Å². The van der Waals surface area contributed by atoms with Crippen LogP contribution < -0.4 is 5.32 Å². The van der Waals surface area contributed by atoms with Crippen LogP contribution in [0.4, 0.5) is 5.95 Å². The molecule has 1 saturated heterocycles. The Morgan fingerprint density at radius 2 is 2.00 bits per heavy atom. The summed E-state index contributed by atoms with van der Waals surface area (Å²) in [7, 11) is 0. The van der Waals surface area contributed by atoms with E-state index in [0.717, 1.165) is 63.8 Å². The van der Waals surface area contributed by atoms with Gasteiger partial charge in [-0.2, -0.15) is 0 Å². The second-order valence-electron chi connectivity index (χ2n) is 5.46. The number of hydrogen-bond donors (Lipinski definition) is 1. The standard InChI is InChI=1S/C16H24N4O/c1-2-7-17-16-18-14-5-3-4-6-15(14)20(16)9-8-19-10-12-21-13-11-19/h3-6H,2,7-13H2,1H3,(H,17,18). The molecule has 0 atom stereocenters. The van der Waals surface area contributed by atoms with Gasteiger partial charge in [-0.3, -0.25) is 4.90 Å². The molecule has 114 valence electrons. The Kier molecular flexibility index (Phi) is 4.72. The molecule has 1 aliphatic heterocycles. The Balaban J connectivity index is 1.77. The summed E-state index contributed by atoms with van der Waals surface area (Å²) in [6.45, 7) is 8.91. The van der Waals surface area contributed by atoms with Crippen molar-refractivity contribution in [3.8, 4) is 0 Å². The lowest BCUT2D eigenvalue weighted by Crippen LogP contribution is -2.38. The first-order valence-corrected chi connectivity index (χ1v) is 7.87. The van der Waals surface area contributed by atoms with Crippen molar-refractivity contribution in [1.82, 2.24) is 14.5 Å². The maximum absolute atomic E-state index is 5.41. The summed E-state index contributed by atoms with van der Waals surface area (Å²) >= 11 is 0. The van der Waals surface area contributed by atoms with Crippen LogP contribution in [0.15, 0.2) is 24.3 Å². The predicted octanol–water partition coefficient (Wildman–Crippen LogP) is 2.19. The van der Waals surface area contributed by atoms with Crippen molar-refractivity contribution in [3.63, 3.8) is 0 Å². The lowest BCUT2D eigenvalue weighted by atomic mass is 10.3. The number of imidazole rings is 1. The zero-order valence-corrected chi connectivity index (χ0v) is 12.7. The van der Waals surface area contributed by atoms with E-state index in [1.807, 2.05) is 6.07 Å². The molecule has 0 amide bonds. The normalized spacial score (nSPS) is 16.4. The monoisotopic (exact) mass is 288 g/mol. The Bertz CT molecular complexity index is 575. The predicted molar refractivity (Wildman–Crippen MR) is 85.8 cm³/mol. The first kappa shape index (κ1) is 14.4. The quantitative estimate of drug-likeness (QED) is 0.885. The Morgan fingerprint density at radius 1 is 1.19 bits per heavy atom. The van der Waals surface area contributed by atoms with Crippen molar-refractivity contribution in [1.29, 1.82) is 0 Å². The third kappa shape index (κ3) is 3.36. The number of hydrogen-bond acceptors (Lipinski definition) is 4. The Morgan fingerprint density at radius 3 is 2.81 bits per heavy atom. The third-order valence-corrected chi connectivity index (χ3v) is 3.93. The average Bonchev–Trinajstić information content (AvgIpc) is 2.89. The SMILES string of the molecule is CCCNc1nc2ccccc2n1CCN1CCOCC1. The van der Waals surface area contributed by atoms with E-state index in [0.29, 0.717) is 0 Å². The van der Waals surface area contributed by atoms with E-state index in [2.05, 4.69) is 39.9 Å². The zero-order chi connectivity index (χ0) is 14.5. The van der Waals surface area contributed by atoms with E-state index in [4.69, 9.17) is 9.72 Å². The fraction of sp³-hybridized carbons (Fsp3) is 0.562. The van der Waals surface area contributed by atoms with Crippen molar-refractivity contribution in [2.24, 2.45) is 0 Å². The van der Waals surface area contributed by atoms with E-state index in [9.17, 15) is 0 Å². The molecule has 1 aromatic heterocycles. The maximum atomic E-state index is 5.41. The van der Waals surface area contributed by atoms with Gasteiger partial charge in [0, 0.05) is 32.7 Å². The molecule has 0 radical (unpaired) electrons. The van der Waals surface area contributed by atoms with Gasteiger partial charge >= 0.3 is 0 Å². The lowest BCUT2D eigenvalue weighted by Gasteiger charge is -2.27. The Labute approximate surface area is 125 Å². The van der Waals surface area contributed by atoms with Gasteiger partial charge in [0.2, 0.25) is 5.95 Å². The molecule has 5 heteroatoms. The highest BCUT2D eigenvalue weighted by Gasteiger charge is 2.13. The molecule has 0 unspecified atom stereocenters. The fourth-order valence-electron chi connectivity index (χ4n) is 2.74. The van der Waals surface area contributed by atoms with Gasteiger partial charge in [0.1, 0.15) is 0 Å². The molecule has 0 saturated carbocycles. The van der Waals surface area contributed by atoms with Crippen molar-refractivity contribution >= 4 is 17.0 Å². The van der Waals surface area contributed by atoms with Gasteiger partial charge in [-0.1, -0.05) is 19.1 Å². The molecule has 2 heterocycles. The van der Waals surface area contributed by atoms with Crippen LogP contribution in [-0.2, 0) is 11.3 Å². The number of benzene rings is 1. The Hall–Kier alpha value is -1.59. The van der Waals surface area contributed by atoms with Gasteiger partial charge in [0.05, 0.1) is 24.2 Å². The number of anilines is 1. The molecule has 0 bridgehead atoms. The molecule has 21 heavy (non-hydrogen) atoms. The summed E-state index contributed by atoms with van der Waals surface area (Å²) in [5.41, 5.74) is 2.28. The summed E-state index contributed by atoms with van der Waals surface area (Å²) in [6, 6.07) is 8.36. The molecule has 1 aromatic carbocycles. The minimum atomic E-state index is 0.853. The number of rotatable bonds is 6. The van der Waals surface area contributed by atoms with Crippen LogP contribution in [0.3, 0.4) is 0 Å². The first-order chi connectivity index (χ1) is 10.4. The van der Waals surface area contributed by atoms with Gasteiger partial charge in [-0.25, -0.2) is 4.98 Å². The zero-order valence-electron chi connectivity index (χ0n) is 12.7. The van der Waals surface area contributed by atoms with Crippen LogP contribution in [-0.4, -0.2) is 53.8 Å². The molecule has 0 aliphatic carbocycles. The number of aromatic nitrogens is 2. The molecular formula is C16H24N4O. The number of para-hydroxylation sites is 2. The number of nitrogens with one attached hydrogen (secondary N) is 1. The van der Waals surface area contributed by atoms with Crippen molar-refractivity contribution in [2.75, 3.05) is 44.7 Å². The van der Waals surface area contributed by atoms with Crippen LogP contribution >= 0.6 is 0 Å². The maximum Gasteiger partial charge on any atom is 0.203 e. The number of ether oxygens (including phenoxy) is 1. The van der Waals surface area contributed by atoms with Crippen LogP contribution in [0.1, 0.15) is 13.3 Å². The van der Waals surface area contributed by atoms with Gasteiger partial charge in [0.25, 0.3) is 0 Å². The second kappa shape index (κ2) is 6.91. The van der Waals surface area contributed by atoms with Gasteiger partial charge < -0.3 is 14.6 Å². The van der Waals surface area contributed by atoms with Gasteiger partial charge in [-0.05, 0) is 18.6 Å². The van der Waals surface area contributed by atoms with E-state index >= 15 is 0 Å². The van der Waals surface area contributed by atoms with Crippen LogP contribution in [0.5, 0.6) is 0 Å². The summed E-state index contributed by atoms with van der Waals surface area (Å²) in [6.07, 6.45) is 1.10. The molecule has 3 rings (SSSR count). The van der Waals surface area contributed by atoms with Gasteiger partial charge in [-0.15, -0.1) is 0 Å².